The van der Waals surface area contributed by atoms with Crippen LogP contribution in [0, 0.1) is 6.92 Å². The van der Waals surface area contributed by atoms with Crippen LogP contribution in [0.2, 0.25) is 0 Å². The Balaban J connectivity index is 1.81. The van der Waals surface area contributed by atoms with E-state index in [0.29, 0.717) is 12.1 Å². The van der Waals surface area contributed by atoms with Gasteiger partial charge in [0, 0.05) is 40.4 Å². The maximum absolute atomic E-state index is 6.17. The molecule has 1 aliphatic rings. The van der Waals surface area contributed by atoms with Crippen LogP contribution in [0.25, 0.3) is 22.0 Å². The summed E-state index contributed by atoms with van der Waals surface area (Å²) in [7, 11) is 2.08. The molecule has 3 nitrogen and oxygen atoms in total. The third kappa shape index (κ3) is 2.83. The number of aromatic nitrogens is 1. The van der Waals surface area contributed by atoms with E-state index in [1.54, 1.807) is 0 Å². The number of anilines is 1. The van der Waals surface area contributed by atoms with Crippen molar-refractivity contribution in [1.82, 2.24) is 9.88 Å². The summed E-state index contributed by atoms with van der Waals surface area (Å²) in [5.74, 6) is 0. The van der Waals surface area contributed by atoms with Gasteiger partial charge in [-0.25, -0.2) is 0 Å². The lowest BCUT2D eigenvalue weighted by atomic mass is 9.91. The minimum absolute atomic E-state index is 0.588. The molecular formula is C22H27N3. The van der Waals surface area contributed by atoms with Crippen LogP contribution in [0.3, 0.4) is 0 Å². The highest BCUT2D eigenvalue weighted by atomic mass is 15.0. The highest BCUT2D eigenvalue weighted by Crippen LogP contribution is 2.38. The van der Waals surface area contributed by atoms with Crippen molar-refractivity contribution in [3.8, 4) is 11.1 Å². The standard InChI is InChI=1S/C22H27N3/c1-15-18(7-5-8-21(15)23)20-14-25(22-9-4-3-6-19(20)22)17-12-10-16(24-2)11-13-17/h3-9,14,16-17,24H,10-13,23H2,1-2H3. The van der Waals surface area contributed by atoms with Crippen molar-refractivity contribution in [3.63, 3.8) is 0 Å². The summed E-state index contributed by atoms with van der Waals surface area (Å²) in [6, 6.07) is 16.3. The quantitative estimate of drug-likeness (QED) is 0.669. The molecule has 0 radical (unpaired) electrons. The molecule has 3 heteroatoms. The maximum Gasteiger partial charge on any atom is 0.0489 e. The average Bonchev–Trinajstić information content (AvgIpc) is 3.04. The fourth-order valence-electron chi connectivity index (χ4n) is 4.31. The largest absolute Gasteiger partial charge is 0.398 e. The molecule has 0 atom stereocenters. The van der Waals surface area contributed by atoms with Gasteiger partial charge < -0.3 is 15.6 Å². The van der Waals surface area contributed by atoms with Crippen molar-refractivity contribution in [2.75, 3.05) is 12.8 Å². The predicted octanol–water partition coefficient (Wildman–Crippen LogP) is 4.90. The van der Waals surface area contributed by atoms with Gasteiger partial charge in [-0.1, -0.05) is 30.3 Å². The number of hydrogen-bond donors (Lipinski definition) is 2. The molecule has 0 unspecified atom stereocenters. The molecule has 0 saturated heterocycles. The minimum atomic E-state index is 0.588. The van der Waals surface area contributed by atoms with Crippen molar-refractivity contribution >= 4 is 16.6 Å². The fraction of sp³-hybridized carbons (Fsp3) is 0.364. The SMILES string of the molecule is CNC1CCC(n2cc(-c3cccc(N)c3C)c3ccccc32)CC1. The van der Waals surface area contributed by atoms with E-state index in [2.05, 4.69) is 66.5 Å². The molecule has 3 aromatic rings. The Bertz CT molecular complexity index is 885. The number of nitrogens with zero attached hydrogens (tertiary/aromatic N) is 1. The second kappa shape index (κ2) is 6.57. The smallest absolute Gasteiger partial charge is 0.0489 e. The third-order valence-electron chi connectivity index (χ3n) is 5.90. The molecule has 0 bridgehead atoms. The van der Waals surface area contributed by atoms with Crippen molar-refractivity contribution in [2.45, 2.75) is 44.7 Å². The molecule has 1 aliphatic carbocycles. The predicted molar refractivity (Wildman–Crippen MR) is 107 cm³/mol. The second-order valence-electron chi connectivity index (χ2n) is 7.28. The van der Waals surface area contributed by atoms with Crippen molar-refractivity contribution in [1.29, 1.82) is 0 Å². The lowest BCUT2D eigenvalue weighted by Gasteiger charge is -2.29. The van der Waals surface area contributed by atoms with Crippen LogP contribution in [0.15, 0.2) is 48.7 Å². The Hall–Kier alpha value is -2.26. The van der Waals surface area contributed by atoms with Crippen molar-refractivity contribution in [3.05, 3.63) is 54.2 Å². The Morgan fingerprint density at radius 2 is 1.72 bits per heavy atom. The number of benzene rings is 2. The number of fused-ring (bicyclic) bond motifs is 1. The van der Waals surface area contributed by atoms with Crippen LogP contribution < -0.4 is 11.1 Å². The van der Waals surface area contributed by atoms with Gasteiger partial charge >= 0.3 is 0 Å². The van der Waals surface area contributed by atoms with E-state index in [1.165, 1.54) is 53.3 Å². The monoisotopic (exact) mass is 333 g/mol. The Labute approximate surface area is 149 Å². The van der Waals surface area contributed by atoms with E-state index in [1.807, 2.05) is 6.07 Å². The van der Waals surface area contributed by atoms with Gasteiger partial charge in [0.1, 0.15) is 0 Å². The highest BCUT2D eigenvalue weighted by Gasteiger charge is 2.23. The number of rotatable bonds is 3. The summed E-state index contributed by atoms with van der Waals surface area (Å²) in [6.45, 7) is 2.12. The maximum atomic E-state index is 6.17. The van der Waals surface area contributed by atoms with Gasteiger partial charge in [-0.2, -0.15) is 0 Å². The summed E-state index contributed by atoms with van der Waals surface area (Å²) < 4.78 is 2.51. The highest BCUT2D eigenvalue weighted by molar-refractivity contribution is 5.97. The van der Waals surface area contributed by atoms with E-state index in [0.717, 1.165) is 5.69 Å². The van der Waals surface area contributed by atoms with Crippen molar-refractivity contribution in [2.24, 2.45) is 0 Å². The first-order valence-corrected chi connectivity index (χ1v) is 9.31. The van der Waals surface area contributed by atoms with Crippen LogP contribution in [-0.2, 0) is 0 Å². The number of para-hydroxylation sites is 1. The van der Waals surface area contributed by atoms with Crippen molar-refractivity contribution < 1.29 is 0 Å². The zero-order valence-electron chi connectivity index (χ0n) is 15.1. The molecule has 1 fully saturated rings. The Kier molecular flexibility index (Phi) is 4.26. The second-order valence-corrected chi connectivity index (χ2v) is 7.28. The third-order valence-corrected chi connectivity index (χ3v) is 5.90. The van der Waals surface area contributed by atoms with Gasteiger partial charge in [0.15, 0.2) is 0 Å². The molecule has 0 amide bonds. The molecule has 1 heterocycles. The average molecular weight is 333 g/mol. The molecule has 2 aromatic carbocycles. The Morgan fingerprint density at radius 1 is 0.960 bits per heavy atom. The fourth-order valence-corrected chi connectivity index (χ4v) is 4.31. The normalized spacial score (nSPS) is 20.9. The van der Waals surface area contributed by atoms with E-state index < -0.39 is 0 Å². The molecular weight excluding hydrogens is 306 g/mol. The van der Waals surface area contributed by atoms with E-state index >= 15 is 0 Å². The number of nitrogens with two attached hydrogens (primary N) is 1. The molecule has 130 valence electrons. The van der Waals surface area contributed by atoms with Crippen LogP contribution in [0.1, 0.15) is 37.3 Å². The lowest BCUT2D eigenvalue weighted by molar-refractivity contribution is 0.305. The zero-order chi connectivity index (χ0) is 17.4. The zero-order valence-corrected chi connectivity index (χ0v) is 15.1. The Morgan fingerprint density at radius 3 is 2.48 bits per heavy atom. The lowest BCUT2D eigenvalue weighted by Crippen LogP contribution is -2.30. The summed E-state index contributed by atoms with van der Waals surface area (Å²) >= 11 is 0. The van der Waals surface area contributed by atoms with Gasteiger partial charge in [0.05, 0.1) is 0 Å². The number of hydrogen-bond acceptors (Lipinski definition) is 2. The topological polar surface area (TPSA) is 43.0 Å². The molecule has 0 spiro atoms. The molecule has 3 N–H and O–H groups in total. The minimum Gasteiger partial charge on any atom is -0.398 e. The van der Waals surface area contributed by atoms with E-state index in [9.17, 15) is 0 Å². The summed E-state index contributed by atoms with van der Waals surface area (Å²) in [4.78, 5) is 0. The number of nitrogen functional groups attached to an aromatic ring is 1. The molecule has 1 aromatic heterocycles. The molecule has 25 heavy (non-hydrogen) atoms. The molecule has 4 rings (SSSR count). The van der Waals surface area contributed by atoms with Crippen LogP contribution >= 0.6 is 0 Å². The van der Waals surface area contributed by atoms with Crippen LogP contribution in [-0.4, -0.2) is 17.7 Å². The van der Waals surface area contributed by atoms with Gasteiger partial charge in [0.25, 0.3) is 0 Å². The van der Waals surface area contributed by atoms with Crippen LogP contribution in [0.4, 0.5) is 5.69 Å². The molecule has 0 aliphatic heterocycles. The molecule has 1 saturated carbocycles. The first kappa shape index (κ1) is 16.2. The van der Waals surface area contributed by atoms with E-state index in [4.69, 9.17) is 5.73 Å². The number of nitrogens with one attached hydrogen (secondary N) is 1. The summed E-state index contributed by atoms with van der Waals surface area (Å²) in [5.41, 5.74) is 12.1. The summed E-state index contributed by atoms with van der Waals surface area (Å²) in [5, 5.41) is 4.76. The van der Waals surface area contributed by atoms with Gasteiger partial charge in [0.2, 0.25) is 0 Å². The first-order valence-electron chi connectivity index (χ1n) is 9.31. The van der Waals surface area contributed by atoms with Crippen LogP contribution in [0.5, 0.6) is 0 Å². The summed E-state index contributed by atoms with van der Waals surface area (Å²) in [6.07, 6.45) is 7.33. The van der Waals surface area contributed by atoms with Gasteiger partial charge in [-0.15, -0.1) is 0 Å². The van der Waals surface area contributed by atoms with Gasteiger partial charge in [-0.3, -0.25) is 0 Å². The van der Waals surface area contributed by atoms with E-state index in [-0.39, 0.29) is 0 Å². The van der Waals surface area contributed by atoms with Gasteiger partial charge in [-0.05, 0) is 62.9 Å². The first-order chi connectivity index (χ1) is 12.2.